The van der Waals surface area contributed by atoms with Crippen molar-refractivity contribution < 1.29 is 23.9 Å². The van der Waals surface area contributed by atoms with Gasteiger partial charge in [-0.05, 0) is 22.9 Å². The zero-order valence-corrected chi connectivity index (χ0v) is 10.1. The van der Waals surface area contributed by atoms with Crippen LogP contribution < -0.4 is 0 Å². The first kappa shape index (κ1) is 10.9. The molecule has 0 atom stereocenters. The molecule has 0 aliphatic carbocycles. The summed E-state index contributed by atoms with van der Waals surface area (Å²) in [4.78, 5) is 35.1. The van der Waals surface area contributed by atoms with E-state index in [0.717, 1.165) is 0 Å². The van der Waals surface area contributed by atoms with Gasteiger partial charge in [0.05, 0.1) is 16.7 Å². The minimum atomic E-state index is -0.694. The summed E-state index contributed by atoms with van der Waals surface area (Å²) in [5.74, 6) is -1.58. The van der Waals surface area contributed by atoms with E-state index in [2.05, 4.69) is 11.3 Å². The standard InChI is InChI=1S/C15H6O5/c1-6-7-2-3-9-8(11(7)14(17)19-6)4-5-10-12(9)15(18)20-13(10)16/h2-5H,1H2. The number of fused-ring (bicyclic) bond motifs is 5. The summed E-state index contributed by atoms with van der Waals surface area (Å²) in [7, 11) is 0. The van der Waals surface area contributed by atoms with Crippen molar-refractivity contribution in [1.29, 1.82) is 0 Å². The van der Waals surface area contributed by atoms with Gasteiger partial charge in [-0.15, -0.1) is 0 Å². The van der Waals surface area contributed by atoms with Crippen LogP contribution in [0.4, 0.5) is 0 Å². The Morgan fingerprint density at radius 3 is 1.95 bits per heavy atom. The third-order valence-electron chi connectivity index (χ3n) is 3.53. The van der Waals surface area contributed by atoms with Crippen LogP contribution in [0.3, 0.4) is 0 Å². The maximum absolute atomic E-state index is 11.9. The summed E-state index contributed by atoms with van der Waals surface area (Å²) in [6, 6.07) is 6.42. The van der Waals surface area contributed by atoms with Gasteiger partial charge in [0, 0.05) is 5.56 Å². The maximum Gasteiger partial charge on any atom is 0.347 e. The van der Waals surface area contributed by atoms with Gasteiger partial charge < -0.3 is 9.47 Å². The van der Waals surface area contributed by atoms with E-state index in [1.165, 1.54) is 6.07 Å². The van der Waals surface area contributed by atoms with Crippen molar-refractivity contribution in [3.8, 4) is 0 Å². The monoisotopic (exact) mass is 266 g/mol. The maximum atomic E-state index is 11.9. The molecule has 0 unspecified atom stereocenters. The van der Waals surface area contributed by atoms with Crippen LogP contribution in [0.2, 0.25) is 0 Å². The summed E-state index contributed by atoms with van der Waals surface area (Å²) in [5.41, 5.74) is 1.37. The molecule has 0 amide bonds. The van der Waals surface area contributed by atoms with Crippen molar-refractivity contribution >= 4 is 34.4 Å². The number of esters is 3. The van der Waals surface area contributed by atoms with Gasteiger partial charge in [0.2, 0.25) is 0 Å². The predicted octanol–water partition coefficient (Wildman–Crippen LogP) is 2.29. The predicted molar refractivity (Wildman–Crippen MR) is 68.1 cm³/mol. The molecular formula is C15H6O5. The van der Waals surface area contributed by atoms with Crippen LogP contribution in [0, 0.1) is 0 Å². The number of hydrogen-bond donors (Lipinski definition) is 0. The second-order valence-corrected chi connectivity index (χ2v) is 4.56. The summed E-state index contributed by atoms with van der Waals surface area (Å²) >= 11 is 0. The SMILES string of the molecule is C=C1OC(=O)c2c1ccc1c3c(ccc21)C(=O)OC3=O. The quantitative estimate of drug-likeness (QED) is 0.540. The molecule has 2 aromatic carbocycles. The van der Waals surface area contributed by atoms with Crippen molar-refractivity contribution in [3.63, 3.8) is 0 Å². The van der Waals surface area contributed by atoms with Gasteiger partial charge >= 0.3 is 17.9 Å². The van der Waals surface area contributed by atoms with Gasteiger partial charge in [-0.3, -0.25) is 0 Å². The van der Waals surface area contributed by atoms with Gasteiger partial charge in [0.25, 0.3) is 0 Å². The fraction of sp³-hybridized carbons (Fsp3) is 0. The Labute approximate surface area is 112 Å². The van der Waals surface area contributed by atoms with E-state index in [0.29, 0.717) is 21.9 Å². The molecule has 2 heterocycles. The van der Waals surface area contributed by atoms with E-state index in [9.17, 15) is 14.4 Å². The molecule has 0 radical (unpaired) electrons. The molecule has 20 heavy (non-hydrogen) atoms. The topological polar surface area (TPSA) is 69.7 Å². The van der Waals surface area contributed by atoms with Crippen molar-refractivity contribution in [3.05, 3.63) is 53.1 Å². The Hall–Kier alpha value is -2.95. The lowest BCUT2D eigenvalue weighted by atomic mass is 9.94. The first-order chi connectivity index (χ1) is 9.58. The molecule has 2 aliphatic heterocycles. The van der Waals surface area contributed by atoms with Crippen LogP contribution in [0.1, 0.15) is 36.6 Å². The Bertz CT molecular complexity index is 802. The molecule has 5 heteroatoms. The van der Waals surface area contributed by atoms with E-state index in [1.807, 2.05) is 0 Å². The average Bonchev–Trinajstić information content (AvgIpc) is 2.87. The number of carbonyl (C=O) groups is 3. The highest BCUT2D eigenvalue weighted by Crippen LogP contribution is 2.37. The number of carbonyl (C=O) groups excluding carboxylic acids is 3. The Kier molecular flexibility index (Phi) is 1.82. The largest absolute Gasteiger partial charge is 0.423 e. The summed E-state index contributed by atoms with van der Waals surface area (Å²) < 4.78 is 9.59. The Morgan fingerprint density at radius 2 is 1.25 bits per heavy atom. The van der Waals surface area contributed by atoms with Crippen LogP contribution in [0.5, 0.6) is 0 Å². The third-order valence-corrected chi connectivity index (χ3v) is 3.53. The zero-order chi connectivity index (χ0) is 14.0. The van der Waals surface area contributed by atoms with E-state index < -0.39 is 17.9 Å². The first-order valence-corrected chi connectivity index (χ1v) is 5.85. The highest BCUT2D eigenvalue weighted by molar-refractivity contribution is 6.24. The normalized spacial score (nSPS) is 16.2. The Morgan fingerprint density at radius 1 is 0.700 bits per heavy atom. The molecule has 5 nitrogen and oxygen atoms in total. The molecule has 0 saturated carbocycles. The zero-order valence-electron chi connectivity index (χ0n) is 10.1. The van der Waals surface area contributed by atoms with Crippen molar-refractivity contribution in [2.75, 3.05) is 0 Å². The van der Waals surface area contributed by atoms with Gasteiger partial charge in [-0.25, -0.2) is 14.4 Å². The van der Waals surface area contributed by atoms with Gasteiger partial charge in [0.15, 0.2) is 0 Å². The molecule has 0 N–H and O–H groups in total. The molecule has 0 fully saturated rings. The Balaban J connectivity index is 2.17. The third kappa shape index (κ3) is 1.14. The molecular weight excluding hydrogens is 260 g/mol. The summed E-state index contributed by atoms with van der Waals surface area (Å²) in [6.45, 7) is 3.66. The van der Waals surface area contributed by atoms with E-state index in [1.54, 1.807) is 18.2 Å². The number of cyclic esters (lactones) is 3. The second-order valence-electron chi connectivity index (χ2n) is 4.56. The van der Waals surface area contributed by atoms with Crippen LogP contribution in [-0.2, 0) is 9.47 Å². The van der Waals surface area contributed by atoms with Crippen molar-refractivity contribution in [2.45, 2.75) is 0 Å². The van der Waals surface area contributed by atoms with Crippen LogP contribution in [-0.4, -0.2) is 17.9 Å². The smallest absolute Gasteiger partial charge is 0.347 e. The van der Waals surface area contributed by atoms with Crippen LogP contribution in [0.15, 0.2) is 30.8 Å². The molecule has 0 spiro atoms. The van der Waals surface area contributed by atoms with E-state index in [-0.39, 0.29) is 16.9 Å². The van der Waals surface area contributed by atoms with Gasteiger partial charge in [-0.2, -0.15) is 0 Å². The molecule has 0 bridgehead atoms. The number of hydrogen-bond acceptors (Lipinski definition) is 5. The molecule has 2 aliphatic rings. The summed E-state index contributed by atoms with van der Waals surface area (Å²) in [6.07, 6.45) is 0. The fourth-order valence-electron chi connectivity index (χ4n) is 2.66. The minimum Gasteiger partial charge on any atom is -0.423 e. The fourth-order valence-corrected chi connectivity index (χ4v) is 2.66. The first-order valence-electron chi connectivity index (χ1n) is 5.85. The number of rotatable bonds is 0. The highest BCUT2D eigenvalue weighted by atomic mass is 16.6. The highest BCUT2D eigenvalue weighted by Gasteiger charge is 2.34. The van der Waals surface area contributed by atoms with Crippen LogP contribution in [0.25, 0.3) is 16.5 Å². The lowest BCUT2D eigenvalue weighted by Crippen LogP contribution is -1.99. The number of ether oxygens (including phenoxy) is 2. The van der Waals surface area contributed by atoms with Gasteiger partial charge in [-0.1, -0.05) is 18.7 Å². The second kappa shape index (κ2) is 3.33. The van der Waals surface area contributed by atoms with E-state index in [4.69, 9.17) is 4.74 Å². The average molecular weight is 266 g/mol. The number of benzene rings is 2. The molecule has 0 saturated heterocycles. The van der Waals surface area contributed by atoms with Crippen molar-refractivity contribution in [2.24, 2.45) is 0 Å². The molecule has 96 valence electrons. The van der Waals surface area contributed by atoms with Crippen LogP contribution >= 0.6 is 0 Å². The summed E-state index contributed by atoms with van der Waals surface area (Å²) in [5, 5.41) is 1.06. The molecule has 0 aromatic heterocycles. The van der Waals surface area contributed by atoms with E-state index >= 15 is 0 Å². The molecule has 2 aromatic rings. The molecule has 4 rings (SSSR count). The van der Waals surface area contributed by atoms with Gasteiger partial charge in [0.1, 0.15) is 5.76 Å². The lowest BCUT2D eigenvalue weighted by molar-refractivity contribution is 0.0444. The lowest BCUT2D eigenvalue weighted by Gasteiger charge is -2.04. The minimum absolute atomic E-state index is 0.195. The van der Waals surface area contributed by atoms with Crippen molar-refractivity contribution in [1.82, 2.24) is 0 Å².